The molecule has 2 aromatic rings. The van der Waals surface area contributed by atoms with E-state index in [0.717, 1.165) is 21.2 Å². The Morgan fingerprint density at radius 1 is 1.21 bits per heavy atom. The number of nitro benzene ring substituents is 1. The predicted molar refractivity (Wildman–Crippen MR) is 78.0 cm³/mol. The van der Waals surface area contributed by atoms with Crippen LogP contribution in [0.4, 0.5) is 5.69 Å². The molecule has 4 nitrogen and oxygen atoms in total. The first-order valence-corrected chi connectivity index (χ1v) is 6.53. The molecule has 0 saturated carbocycles. The van der Waals surface area contributed by atoms with Crippen molar-refractivity contribution in [3.05, 3.63) is 73.7 Å². The van der Waals surface area contributed by atoms with Crippen molar-refractivity contribution in [2.45, 2.75) is 13.0 Å². The van der Waals surface area contributed by atoms with Gasteiger partial charge in [-0.1, -0.05) is 34.1 Å². The minimum Gasteiger partial charge on any atom is -0.320 e. The Kier molecular flexibility index (Phi) is 3.97. The van der Waals surface area contributed by atoms with Crippen molar-refractivity contribution in [3.8, 4) is 0 Å². The first-order valence-electron chi connectivity index (χ1n) is 5.74. The summed E-state index contributed by atoms with van der Waals surface area (Å²) < 4.78 is 0.933. The molecule has 0 aliphatic rings. The number of non-ortho nitro benzene ring substituents is 1. The van der Waals surface area contributed by atoms with Crippen molar-refractivity contribution in [3.63, 3.8) is 0 Å². The topological polar surface area (TPSA) is 69.2 Å². The molecule has 0 aliphatic carbocycles. The first kappa shape index (κ1) is 13.7. The number of hydrogen-bond acceptors (Lipinski definition) is 3. The van der Waals surface area contributed by atoms with Crippen molar-refractivity contribution in [2.24, 2.45) is 5.73 Å². The van der Waals surface area contributed by atoms with Crippen LogP contribution in [0.15, 0.2) is 46.9 Å². The van der Waals surface area contributed by atoms with Crippen LogP contribution in [0.5, 0.6) is 0 Å². The molecule has 19 heavy (non-hydrogen) atoms. The molecule has 0 amide bonds. The summed E-state index contributed by atoms with van der Waals surface area (Å²) in [6.45, 7) is 1.82. The number of nitrogens with two attached hydrogens (primary N) is 1. The Morgan fingerprint density at radius 2 is 1.95 bits per heavy atom. The molecule has 0 bridgehead atoms. The van der Waals surface area contributed by atoms with Crippen molar-refractivity contribution in [1.82, 2.24) is 0 Å². The van der Waals surface area contributed by atoms with E-state index in [-0.39, 0.29) is 11.7 Å². The fourth-order valence-corrected chi connectivity index (χ4v) is 2.39. The summed E-state index contributed by atoms with van der Waals surface area (Å²) in [7, 11) is 0. The normalized spacial score (nSPS) is 12.2. The zero-order chi connectivity index (χ0) is 14.0. The molecule has 0 heterocycles. The Balaban J connectivity index is 2.43. The number of nitro groups is 1. The van der Waals surface area contributed by atoms with Crippen LogP contribution in [0.3, 0.4) is 0 Å². The van der Waals surface area contributed by atoms with E-state index in [9.17, 15) is 10.1 Å². The molecule has 1 atom stereocenters. The molecule has 0 radical (unpaired) electrons. The van der Waals surface area contributed by atoms with Gasteiger partial charge in [0.05, 0.1) is 11.0 Å². The van der Waals surface area contributed by atoms with E-state index >= 15 is 0 Å². The molecule has 98 valence electrons. The Bertz CT molecular complexity index is 629. The lowest BCUT2D eigenvalue weighted by Gasteiger charge is -2.13. The van der Waals surface area contributed by atoms with Gasteiger partial charge in [0.2, 0.25) is 0 Å². The monoisotopic (exact) mass is 320 g/mol. The lowest BCUT2D eigenvalue weighted by Crippen LogP contribution is -2.12. The fraction of sp³-hybridized carbons (Fsp3) is 0.143. The Hall–Kier alpha value is -1.72. The lowest BCUT2D eigenvalue weighted by atomic mass is 9.97. The van der Waals surface area contributed by atoms with E-state index < -0.39 is 4.92 Å². The van der Waals surface area contributed by atoms with Crippen molar-refractivity contribution >= 4 is 21.6 Å². The van der Waals surface area contributed by atoms with Gasteiger partial charge in [-0.15, -0.1) is 0 Å². The molecule has 5 heteroatoms. The summed E-state index contributed by atoms with van der Waals surface area (Å²) in [5.41, 5.74) is 8.73. The highest BCUT2D eigenvalue weighted by Gasteiger charge is 2.14. The van der Waals surface area contributed by atoms with Crippen LogP contribution in [0.2, 0.25) is 0 Å². The van der Waals surface area contributed by atoms with Gasteiger partial charge in [0.15, 0.2) is 0 Å². The van der Waals surface area contributed by atoms with Crippen LogP contribution in [0, 0.1) is 17.0 Å². The maximum Gasteiger partial charge on any atom is 0.270 e. The molecule has 2 rings (SSSR count). The predicted octanol–water partition coefficient (Wildman–Crippen LogP) is 3.71. The number of aryl methyl sites for hydroxylation is 1. The highest BCUT2D eigenvalue weighted by Crippen LogP contribution is 2.26. The molecular formula is C14H13BrN2O2. The molecule has 0 fully saturated rings. The molecule has 0 saturated heterocycles. The summed E-state index contributed by atoms with van der Waals surface area (Å²) in [6.07, 6.45) is 0. The average molecular weight is 321 g/mol. The lowest BCUT2D eigenvalue weighted by molar-refractivity contribution is -0.385. The largest absolute Gasteiger partial charge is 0.320 e. The molecule has 0 aliphatic heterocycles. The third-order valence-corrected chi connectivity index (χ3v) is 3.36. The standard InChI is InChI=1S/C14H13BrN2O2/c1-9-5-11(8-13(6-9)17(18)19)14(16)10-3-2-4-12(15)7-10/h2-8,14H,16H2,1H3. The van der Waals surface area contributed by atoms with Gasteiger partial charge in [-0.2, -0.15) is 0 Å². The SMILES string of the molecule is Cc1cc(C(N)c2cccc(Br)c2)cc([N+](=O)[O-])c1. The third kappa shape index (κ3) is 3.19. The van der Waals surface area contributed by atoms with Crippen LogP contribution in [0.1, 0.15) is 22.7 Å². The average Bonchev–Trinajstić information content (AvgIpc) is 2.37. The highest BCUT2D eigenvalue weighted by atomic mass is 79.9. The molecule has 2 aromatic carbocycles. The van der Waals surface area contributed by atoms with Crippen LogP contribution in [-0.4, -0.2) is 4.92 Å². The maximum absolute atomic E-state index is 10.9. The summed E-state index contributed by atoms with van der Waals surface area (Å²) in [6, 6.07) is 12.2. The van der Waals surface area contributed by atoms with E-state index in [4.69, 9.17) is 5.73 Å². The van der Waals surface area contributed by atoms with Crippen molar-refractivity contribution in [2.75, 3.05) is 0 Å². The van der Waals surface area contributed by atoms with E-state index in [1.807, 2.05) is 37.3 Å². The van der Waals surface area contributed by atoms with Crippen LogP contribution < -0.4 is 5.73 Å². The quantitative estimate of drug-likeness (QED) is 0.692. The summed E-state index contributed by atoms with van der Waals surface area (Å²) in [4.78, 5) is 10.5. The van der Waals surface area contributed by atoms with Gasteiger partial charge in [-0.25, -0.2) is 0 Å². The van der Waals surface area contributed by atoms with E-state index in [2.05, 4.69) is 15.9 Å². The fourth-order valence-electron chi connectivity index (χ4n) is 1.97. The third-order valence-electron chi connectivity index (χ3n) is 2.86. The summed E-state index contributed by atoms with van der Waals surface area (Å²) >= 11 is 3.39. The van der Waals surface area contributed by atoms with Gasteiger partial charge in [-0.05, 0) is 35.7 Å². The molecule has 0 aromatic heterocycles. The molecule has 2 N–H and O–H groups in total. The van der Waals surface area contributed by atoms with Gasteiger partial charge >= 0.3 is 0 Å². The molecule has 1 unspecified atom stereocenters. The second-order valence-electron chi connectivity index (χ2n) is 4.39. The Morgan fingerprint density at radius 3 is 2.58 bits per heavy atom. The Labute approximate surface area is 119 Å². The minimum atomic E-state index is -0.399. The van der Waals surface area contributed by atoms with Crippen LogP contribution in [-0.2, 0) is 0 Å². The summed E-state index contributed by atoms with van der Waals surface area (Å²) in [5, 5.41) is 10.9. The number of halogens is 1. The van der Waals surface area contributed by atoms with Gasteiger partial charge in [0, 0.05) is 16.6 Å². The number of benzene rings is 2. The van der Waals surface area contributed by atoms with Gasteiger partial charge < -0.3 is 5.73 Å². The molecular weight excluding hydrogens is 308 g/mol. The minimum absolute atomic E-state index is 0.0699. The van der Waals surface area contributed by atoms with Crippen LogP contribution in [0.25, 0.3) is 0 Å². The van der Waals surface area contributed by atoms with E-state index in [0.29, 0.717) is 0 Å². The second-order valence-corrected chi connectivity index (χ2v) is 5.31. The maximum atomic E-state index is 10.9. The summed E-state index contributed by atoms with van der Waals surface area (Å²) in [5.74, 6) is 0. The van der Waals surface area contributed by atoms with E-state index in [1.54, 1.807) is 0 Å². The van der Waals surface area contributed by atoms with Gasteiger partial charge in [0.25, 0.3) is 5.69 Å². The smallest absolute Gasteiger partial charge is 0.270 e. The first-order chi connectivity index (χ1) is 8.97. The van der Waals surface area contributed by atoms with E-state index in [1.165, 1.54) is 12.1 Å². The molecule has 0 spiro atoms. The zero-order valence-corrected chi connectivity index (χ0v) is 11.9. The van der Waals surface area contributed by atoms with Gasteiger partial charge in [0.1, 0.15) is 0 Å². The second kappa shape index (κ2) is 5.50. The highest BCUT2D eigenvalue weighted by molar-refractivity contribution is 9.10. The number of hydrogen-bond donors (Lipinski definition) is 1. The van der Waals surface area contributed by atoms with Gasteiger partial charge in [-0.3, -0.25) is 10.1 Å². The number of nitrogens with zero attached hydrogens (tertiary/aromatic N) is 1. The number of rotatable bonds is 3. The van der Waals surface area contributed by atoms with Crippen molar-refractivity contribution < 1.29 is 4.92 Å². The van der Waals surface area contributed by atoms with Crippen LogP contribution >= 0.6 is 15.9 Å². The zero-order valence-electron chi connectivity index (χ0n) is 10.3. The van der Waals surface area contributed by atoms with Crippen molar-refractivity contribution in [1.29, 1.82) is 0 Å².